The third-order valence-corrected chi connectivity index (χ3v) is 3.33. The molecule has 1 atom stereocenters. The van der Waals surface area contributed by atoms with Gasteiger partial charge in [-0.05, 0) is 31.7 Å². The lowest BCUT2D eigenvalue weighted by atomic mass is 9.80. The number of benzene rings is 1. The van der Waals surface area contributed by atoms with E-state index in [1.807, 2.05) is 32.0 Å². The Morgan fingerprint density at radius 2 is 1.94 bits per heavy atom. The molecule has 1 aromatic carbocycles. The molecule has 0 fully saturated rings. The van der Waals surface area contributed by atoms with Gasteiger partial charge in [-0.2, -0.15) is 5.26 Å². The van der Waals surface area contributed by atoms with Gasteiger partial charge >= 0.3 is 0 Å². The number of ether oxygens (including phenoxy) is 1. The monoisotopic (exact) mass is 231 g/mol. The molecule has 0 spiro atoms. The molecular weight excluding hydrogens is 210 g/mol. The smallest absolute Gasteiger partial charge is 0.0716 e. The number of rotatable bonds is 6. The quantitative estimate of drug-likeness (QED) is 0.698. The summed E-state index contributed by atoms with van der Waals surface area (Å²) < 4.78 is 5.62. The highest BCUT2D eigenvalue weighted by Gasteiger charge is 2.24. The van der Waals surface area contributed by atoms with Crippen molar-refractivity contribution in [2.45, 2.75) is 33.8 Å². The molecule has 0 aliphatic heterocycles. The average Bonchev–Trinajstić information content (AvgIpc) is 2.35. The summed E-state index contributed by atoms with van der Waals surface area (Å²) in [4.78, 5) is 0. The van der Waals surface area contributed by atoms with E-state index >= 15 is 0 Å². The van der Waals surface area contributed by atoms with Crippen LogP contribution in [0.4, 0.5) is 0 Å². The van der Waals surface area contributed by atoms with Gasteiger partial charge in [0, 0.05) is 6.61 Å². The molecule has 0 amide bonds. The molecule has 0 N–H and O–H groups in total. The summed E-state index contributed by atoms with van der Waals surface area (Å²) >= 11 is 0. The Hall–Kier alpha value is -1.33. The molecule has 2 nitrogen and oxygen atoms in total. The van der Waals surface area contributed by atoms with Crippen molar-refractivity contribution in [3.63, 3.8) is 0 Å². The highest BCUT2D eigenvalue weighted by atomic mass is 16.5. The molecule has 0 heterocycles. The van der Waals surface area contributed by atoms with Gasteiger partial charge in [0.15, 0.2) is 0 Å². The SMILES string of the molecule is CC(CCOCc1ccccc1)C(C)(C)C#N. The van der Waals surface area contributed by atoms with Crippen LogP contribution in [0.1, 0.15) is 32.8 Å². The molecule has 0 radical (unpaired) electrons. The van der Waals surface area contributed by atoms with E-state index in [4.69, 9.17) is 10.00 Å². The fraction of sp³-hybridized carbons (Fsp3) is 0.533. The fourth-order valence-corrected chi connectivity index (χ4v) is 1.50. The van der Waals surface area contributed by atoms with E-state index in [2.05, 4.69) is 25.1 Å². The average molecular weight is 231 g/mol. The summed E-state index contributed by atoms with van der Waals surface area (Å²) in [6.07, 6.45) is 0.924. The summed E-state index contributed by atoms with van der Waals surface area (Å²) in [5.74, 6) is 0.350. The van der Waals surface area contributed by atoms with Gasteiger partial charge in [-0.3, -0.25) is 0 Å². The van der Waals surface area contributed by atoms with Gasteiger partial charge in [0.1, 0.15) is 0 Å². The van der Waals surface area contributed by atoms with Gasteiger partial charge in [-0.15, -0.1) is 0 Å². The maximum absolute atomic E-state index is 9.01. The first-order valence-corrected chi connectivity index (χ1v) is 6.09. The first kappa shape index (κ1) is 13.7. The first-order chi connectivity index (χ1) is 8.06. The van der Waals surface area contributed by atoms with Crippen molar-refractivity contribution >= 4 is 0 Å². The highest BCUT2D eigenvalue weighted by molar-refractivity contribution is 5.13. The van der Waals surface area contributed by atoms with Crippen molar-refractivity contribution < 1.29 is 4.74 Å². The topological polar surface area (TPSA) is 33.0 Å². The standard InChI is InChI=1S/C15H21NO/c1-13(15(2,3)12-16)9-10-17-11-14-7-5-4-6-8-14/h4-8,13H,9-11H2,1-3H3. The van der Waals surface area contributed by atoms with Crippen LogP contribution >= 0.6 is 0 Å². The van der Waals surface area contributed by atoms with Crippen LogP contribution in [0.25, 0.3) is 0 Å². The van der Waals surface area contributed by atoms with Crippen LogP contribution in [0.2, 0.25) is 0 Å². The van der Waals surface area contributed by atoms with Gasteiger partial charge in [-0.25, -0.2) is 0 Å². The Morgan fingerprint density at radius 3 is 2.53 bits per heavy atom. The first-order valence-electron chi connectivity index (χ1n) is 6.09. The van der Waals surface area contributed by atoms with E-state index in [1.54, 1.807) is 0 Å². The van der Waals surface area contributed by atoms with Crippen molar-refractivity contribution in [3.8, 4) is 6.07 Å². The summed E-state index contributed by atoms with van der Waals surface area (Å²) in [6, 6.07) is 12.5. The molecule has 1 rings (SSSR count). The lowest BCUT2D eigenvalue weighted by Crippen LogP contribution is -2.20. The summed E-state index contributed by atoms with van der Waals surface area (Å²) in [6.45, 7) is 7.43. The Balaban J connectivity index is 2.24. The van der Waals surface area contributed by atoms with Crippen LogP contribution in [0, 0.1) is 22.7 Å². The predicted molar refractivity (Wildman–Crippen MR) is 69.3 cm³/mol. The van der Waals surface area contributed by atoms with Crippen molar-refractivity contribution in [1.82, 2.24) is 0 Å². The van der Waals surface area contributed by atoms with Crippen molar-refractivity contribution in [2.75, 3.05) is 6.61 Å². The van der Waals surface area contributed by atoms with Crippen molar-refractivity contribution in [3.05, 3.63) is 35.9 Å². The molecule has 1 unspecified atom stereocenters. The molecule has 0 aliphatic rings. The van der Waals surface area contributed by atoms with E-state index in [9.17, 15) is 0 Å². The Bertz CT molecular complexity index is 364. The molecule has 0 bridgehead atoms. The van der Waals surface area contributed by atoms with Gasteiger partial charge in [0.25, 0.3) is 0 Å². The van der Waals surface area contributed by atoms with Crippen LogP contribution in [0.5, 0.6) is 0 Å². The zero-order valence-electron chi connectivity index (χ0n) is 10.9. The normalized spacial score (nSPS) is 13.1. The minimum Gasteiger partial charge on any atom is -0.377 e. The van der Waals surface area contributed by atoms with Crippen LogP contribution in [-0.2, 0) is 11.3 Å². The Morgan fingerprint density at radius 1 is 1.29 bits per heavy atom. The third-order valence-electron chi connectivity index (χ3n) is 3.33. The second-order valence-corrected chi connectivity index (χ2v) is 5.06. The number of hydrogen-bond donors (Lipinski definition) is 0. The van der Waals surface area contributed by atoms with Crippen molar-refractivity contribution in [2.24, 2.45) is 11.3 Å². The van der Waals surface area contributed by atoms with Crippen LogP contribution < -0.4 is 0 Å². The lowest BCUT2D eigenvalue weighted by molar-refractivity contribution is 0.0970. The van der Waals surface area contributed by atoms with Gasteiger partial charge in [0.2, 0.25) is 0 Å². The van der Waals surface area contributed by atoms with Gasteiger partial charge < -0.3 is 4.74 Å². The second-order valence-electron chi connectivity index (χ2n) is 5.06. The molecule has 0 aromatic heterocycles. The van der Waals surface area contributed by atoms with E-state index in [0.717, 1.165) is 6.42 Å². The van der Waals surface area contributed by atoms with Gasteiger partial charge in [0.05, 0.1) is 18.1 Å². The number of nitrogens with zero attached hydrogens (tertiary/aromatic N) is 1. The molecule has 0 saturated carbocycles. The van der Waals surface area contributed by atoms with Crippen LogP contribution in [0.3, 0.4) is 0 Å². The van der Waals surface area contributed by atoms with Crippen LogP contribution in [0.15, 0.2) is 30.3 Å². The predicted octanol–water partition coefficient (Wildman–Crippen LogP) is 3.78. The molecule has 92 valence electrons. The maximum Gasteiger partial charge on any atom is 0.0716 e. The van der Waals surface area contributed by atoms with Crippen LogP contribution in [-0.4, -0.2) is 6.61 Å². The number of nitriles is 1. The number of hydrogen-bond acceptors (Lipinski definition) is 2. The van der Waals surface area contributed by atoms with E-state index in [-0.39, 0.29) is 5.41 Å². The van der Waals surface area contributed by atoms with Crippen molar-refractivity contribution in [1.29, 1.82) is 5.26 Å². The maximum atomic E-state index is 9.01. The minimum absolute atomic E-state index is 0.268. The lowest BCUT2D eigenvalue weighted by Gasteiger charge is -2.23. The van der Waals surface area contributed by atoms with E-state index < -0.39 is 0 Å². The fourth-order valence-electron chi connectivity index (χ4n) is 1.50. The van der Waals surface area contributed by atoms with Gasteiger partial charge in [-0.1, -0.05) is 37.3 Å². The summed E-state index contributed by atoms with van der Waals surface area (Å²) in [7, 11) is 0. The minimum atomic E-state index is -0.268. The molecule has 17 heavy (non-hydrogen) atoms. The summed E-state index contributed by atoms with van der Waals surface area (Å²) in [5, 5.41) is 9.01. The largest absolute Gasteiger partial charge is 0.377 e. The Labute approximate surface area is 104 Å². The molecular formula is C15H21NO. The molecule has 2 heteroatoms. The molecule has 0 aliphatic carbocycles. The van der Waals surface area contributed by atoms with E-state index in [1.165, 1.54) is 5.56 Å². The zero-order valence-corrected chi connectivity index (χ0v) is 10.9. The Kier molecular flexibility index (Phi) is 5.18. The highest BCUT2D eigenvalue weighted by Crippen LogP contribution is 2.27. The van der Waals surface area contributed by atoms with E-state index in [0.29, 0.717) is 19.1 Å². The summed E-state index contributed by atoms with van der Waals surface area (Å²) in [5.41, 5.74) is 0.926. The zero-order chi connectivity index (χ0) is 12.7. The molecule has 0 saturated heterocycles. The second kappa shape index (κ2) is 6.42. The third kappa shape index (κ3) is 4.58. The molecule has 1 aromatic rings.